The molecule has 0 aromatic heterocycles. The maximum atomic E-state index is 12.2. The minimum Gasteiger partial charge on any atom is -0.480 e. The maximum absolute atomic E-state index is 12.2. The Morgan fingerprint density at radius 1 is 1.08 bits per heavy atom. The normalized spacial score (nSPS) is 14.1. The van der Waals surface area contributed by atoms with E-state index in [0.717, 1.165) is 5.56 Å². The van der Waals surface area contributed by atoms with Gasteiger partial charge in [0.2, 0.25) is 11.8 Å². The monoisotopic (exact) mass is 364 g/mol. The van der Waals surface area contributed by atoms with Crippen LogP contribution in [0.5, 0.6) is 0 Å². The minimum absolute atomic E-state index is 0.284. The van der Waals surface area contributed by atoms with Gasteiger partial charge in [-0.1, -0.05) is 30.3 Å². The van der Waals surface area contributed by atoms with E-state index in [-0.39, 0.29) is 6.42 Å². The number of nitrogens with one attached hydrogen (secondary N) is 2. The molecule has 8 nitrogen and oxygen atoms in total. The van der Waals surface area contributed by atoms with E-state index in [1.807, 2.05) is 30.3 Å². The highest BCUT2D eigenvalue weighted by Gasteiger charge is 2.25. The molecule has 7 N–H and O–H groups in total. The van der Waals surface area contributed by atoms with E-state index >= 15 is 0 Å². The summed E-state index contributed by atoms with van der Waals surface area (Å²) in [6.07, 6.45) is 1.90. The molecule has 0 bridgehead atoms. The zero-order valence-corrected chi connectivity index (χ0v) is 15.0. The highest BCUT2D eigenvalue weighted by atomic mass is 16.4. The number of rotatable bonds is 11. The first-order chi connectivity index (χ1) is 12.3. The SMILES string of the molecule is C[C@H](NC(=O)[C@@H](N)Cc1ccccc1)C(=O)N[C@@H](CCCCN)C(=O)O. The van der Waals surface area contributed by atoms with Crippen molar-refractivity contribution in [2.45, 2.75) is 50.7 Å². The summed E-state index contributed by atoms with van der Waals surface area (Å²) in [5.74, 6) is -2.15. The fourth-order valence-corrected chi connectivity index (χ4v) is 2.39. The summed E-state index contributed by atoms with van der Waals surface area (Å²) >= 11 is 0. The molecule has 144 valence electrons. The third-order valence-corrected chi connectivity index (χ3v) is 3.95. The van der Waals surface area contributed by atoms with Crippen LogP contribution in [0.15, 0.2) is 30.3 Å². The molecule has 1 aromatic carbocycles. The summed E-state index contributed by atoms with van der Waals surface area (Å²) in [6.45, 7) is 1.95. The molecule has 2 amide bonds. The second-order valence-electron chi connectivity index (χ2n) is 6.21. The summed E-state index contributed by atoms with van der Waals surface area (Å²) in [5.41, 5.74) is 12.2. The Morgan fingerprint density at radius 3 is 2.31 bits per heavy atom. The summed E-state index contributed by atoms with van der Waals surface area (Å²) in [5, 5.41) is 14.1. The largest absolute Gasteiger partial charge is 0.480 e. The summed E-state index contributed by atoms with van der Waals surface area (Å²) < 4.78 is 0. The Kier molecular flexibility index (Phi) is 9.32. The average molecular weight is 364 g/mol. The van der Waals surface area contributed by atoms with Crippen LogP contribution >= 0.6 is 0 Å². The second-order valence-corrected chi connectivity index (χ2v) is 6.21. The van der Waals surface area contributed by atoms with Gasteiger partial charge in [-0.25, -0.2) is 4.79 Å². The molecule has 3 atom stereocenters. The van der Waals surface area contributed by atoms with Gasteiger partial charge in [-0.15, -0.1) is 0 Å². The van der Waals surface area contributed by atoms with E-state index < -0.39 is 35.9 Å². The number of amides is 2. The van der Waals surface area contributed by atoms with Gasteiger partial charge < -0.3 is 27.2 Å². The average Bonchev–Trinajstić information content (AvgIpc) is 2.61. The Labute approximate surface area is 153 Å². The molecule has 0 aliphatic heterocycles. The zero-order valence-electron chi connectivity index (χ0n) is 15.0. The van der Waals surface area contributed by atoms with Gasteiger partial charge >= 0.3 is 5.97 Å². The molecule has 0 saturated heterocycles. The van der Waals surface area contributed by atoms with Gasteiger partial charge in [0, 0.05) is 0 Å². The van der Waals surface area contributed by atoms with E-state index in [1.165, 1.54) is 6.92 Å². The molecular formula is C18H28N4O4. The highest BCUT2D eigenvalue weighted by Crippen LogP contribution is 2.03. The van der Waals surface area contributed by atoms with E-state index in [0.29, 0.717) is 25.8 Å². The fraction of sp³-hybridized carbons (Fsp3) is 0.500. The van der Waals surface area contributed by atoms with Crippen LogP contribution < -0.4 is 22.1 Å². The molecule has 0 aliphatic rings. The molecule has 26 heavy (non-hydrogen) atoms. The molecule has 0 spiro atoms. The van der Waals surface area contributed by atoms with Crippen molar-refractivity contribution in [3.63, 3.8) is 0 Å². The minimum atomic E-state index is -1.12. The number of aliphatic carboxylic acids is 1. The Bertz CT molecular complexity index is 594. The summed E-state index contributed by atoms with van der Waals surface area (Å²) in [7, 11) is 0. The summed E-state index contributed by atoms with van der Waals surface area (Å²) in [6, 6.07) is 6.61. The van der Waals surface area contributed by atoms with Crippen molar-refractivity contribution in [2.75, 3.05) is 6.54 Å². The predicted octanol–water partition coefficient (Wildman–Crippen LogP) is -0.240. The van der Waals surface area contributed by atoms with Gasteiger partial charge in [-0.3, -0.25) is 9.59 Å². The molecule has 0 heterocycles. The van der Waals surface area contributed by atoms with Crippen molar-refractivity contribution in [2.24, 2.45) is 11.5 Å². The number of benzene rings is 1. The van der Waals surface area contributed by atoms with Crippen LogP contribution in [0.25, 0.3) is 0 Å². The third-order valence-electron chi connectivity index (χ3n) is 3.95. The van der Waals surface area contributed by atoms with Gasteiger partial charge in [-0.05, 0) is 44.7 Å². The molecule has 8 heteroatoms. The van der Waals surface area contributed by atoms with Crippen LogP contribution in [0, 0.1) is 0 Å². The smallest absolute Gasteiger partial charge is 0.326 e. The number of carbonyl (C=O) groups is 3. The maximum Gasteiger partial charge on any atom is 0.326 e. The molecular weight excluding hydrogens is 336 g/mol. The van der Waals surface area contributed by atoms with Gasteiger partial charge in [0.1, 0.15) is 12.1 Å². The van der Waals surface area contributed by atoms with Crippen molar-refractivity contribution < 1.29 is 19.5 Å². The first-order valence-corrected chi connectivity index (χ1v) is 8.68. The van der Waals surface area contributed by atoms with Crippen LogP contribution in [-0.2, 0) is 20.8 Å². The van der Waals surface area contributed by atoms with E-state index in [1.54, 1.807) is 0 Å². The molecule has 0 unspecified atom stereocenters. The lowest BCUT2D eigenvalue weighted by molar-refractivity contribution is -0.142. The Balaban J connectivity index is 2.50. The second kappa shape index (κ2) is 11.2. The van der Waals surface area contributed by atoms with Gasteiger partial charge in [0.25, 0.3) is 0 Å². The van der Waals surface area contributed by atoms with Crippen molar-refractivity contribution in [3.8, 4) is 0 Å². The van der Waals surface area contributed by atoms with Gasteiger partial charge in [0.15, 0.2) is 0 Å². The fourth-order valence-electron chi connectivity index (χ4n) is 2.39. The van der Waals surface area contributed by atoms with Gasteiger partial charge in [-0.2, -0.15) is 0 Å². The van der Waals surface area contributed by atoms with E-state index in [4.69, 9.17) is 11.5 Å². The van der Waals surface area contributed by atoms with Crippen molar-refractivity contribution >= 4 is 17.8 Å². The van der Waals surface area contributed by atoms with E-state index in [9.17, 15) is 19.5 Å². The lowest BCUT2D eigenvalue weighted by Gasteiger charge is -2.20. The van der Waals surface area contributed by atoms with Crippen molar-refractivity contribution in [1.29, 1.82) is 0 Å². The number of carbonyl (C=O) groups excluding carboxylic acids is 2. The van der Waals surface area contributed by atoms with Crippen LogP contribution in [-0.4, -0.2) is 47.6 Å². The highest BCUT2D eigenvalue weighted by molar-refractivity contribution is 5.91. The number of nitrogens with two attached hydrogens (primary N) is 2. The number of hydrogen-bond acceptors (Lipinski definition) is 5. The quantitative estimate of drug-likeness (QED) is 0.342. The number of carboxylic acids is 1. The number of carboxylic acid groups (broad SMARTS) is 1. The third kappa shape index (κ3) is 7.62. The standard InChI is InChI=1S/C18H28N4O4/c1-12(16(23)22-15(18(25)26)9-5-6-10-19)21-17(24)14(20)11-13-7-3-2-4-8-13/h2-4,7-8,12,14-15H,5-6,9-11,19-20H2,1H3,(H,21,24)(H,22,23)(H,25,26)/t12-,14-,15-/m0/s1. The van der Waals surface area contributed by atoms with E-state index in [2.05, 4.69) is 10.6 Å². The lowest BCUT2D eigenvalue weighted by atomic mass is 10.1. The zero-order chi connectivity index (χ0) is 19.5. The molecule has 0 saturated carbocycles. The Hall–Kier alpha value is -2.45. The van der Waals surface area contributed by atoms with Crippen LogP contribution in [0.1, 0.15) is 31.7 Å². The lowest BCUT2D eigenvalue weighted by Crippen LogP contribution is -2.53. The molecule has 0 fully saturated rings. The van der Waals surface area contributed by atoms with Crippen molar-refractivity contribution in [3.05, 3.63) is 35.9 Å². The first kappa shape index (κ1) is 21.6. The van der Waals surface area contributed by atoms with Crippen molar-refractivity contribution in [1.82, 2.24) is 10.6 Å². The van der Waals surface area contributed by atoms with Crippen LogP contribution in [0.4, 0.5) is 0 Å². The topological polar surface area (TPSA) is 148 Å². The predicted molar refractivity (Wildman–Crippen MR) is 98.2 cm³/mol. The first-order valence-electron chi connectivity index (χ1n) is 8.68. The Morgan fingerprint density at radius 2 is 1.73 bits per heavy atom. The molecule has 0 aliphatic carbocycles. The number of unbranched alkanes of at least 4 members (excludes halogenated alkanes) is 1. The molecule has 1 aromatic rings. The van der Waals surface area contributed by atoms with Gasteiger partial charge in [0.05, 0.1) is 6.04 Å². The molecule has 1 rings (SSSR count). The summed E-state index contributed by atoms with van der Waals surface area (Å²) in [4.78, 5) is 35.5. The number of hydrogen-bond donors (Lipinski definition) is 5. The van der Waals surface area contributed by atoms with Crippen LogP contribution in [0.2, 0.25) is 0 Å². The molecule has 0 radical (unpaired) electrons. The van der Waals surface area contributed by atoms with Crippen LogP contribution in [0.3, 0.4) is 0 Å².